The van der Waals surface area contributed by atoms with E-state index in [2.05, 4.69) is 15.4 Å². The van der Waals surface area contributed by atoms with E-state index >= 15 is 0 Å². The zero-order chi connectivity index (χ0) is 13.1. The van der Waals surface area contributed by atoms with Crippen LogP contribution in [-0.4, -0.2) is 14.8 Å². The van der Waals surface area contributed by atoms with Gasteiger partial charge in [-0.15, -0.1) is 11.3 Å². The first kappa shape index (κ1) is 12.2. The van der Waals surface area contributed by atoms with Crippen LogP contribution >= 0.6 is 22.9 Å². The molecule has 2 aromatic heterocycles. The van der Waals surface area contributed by atoms with Crippen LogP contribution in [-0.2, 0) is 6.54 Å². The molecule has 6 heteroatoms. The van der Waals surface area contributed by atoms with E-state index in [-0.39, 0.29) is 0 Å². The maximum absolute atomic E-state index is 5.89. The van der Waals surface area contributed by atoms with Gasteiger partial charge in [-0.3, -0.25) is 0 Å². The molecule has 0 atom stereocenters. The van der Waals surface area contributed by atoms with Crippen molar-refractivity contribution in [1.29, 1.82) is 0 Å². The van der Waals surface area contributed by atoms with Crippen LogP contribution in [0.1, 0.15) is 4.88 Å². The fourth-order valence-electron chi connectivity index (χ4n) is 1.71. The summed E-state index contributed by atoms with van der Waals surface area (Å²) in [5, 5.41) is 10.2. The van der Waals surface area contributed by atoms with Crippen molar-refractivity contribution >= 4 is 28.6 Å². The van der Waals surface area contributed by atoms with Crippen molar-refractivity contribution in [2.45, 2.75) is 6.54 Å². The molecule has 0 spiro atoms. The second-order valence-electron chi connectivity index (χ2n) is 3.97. The van der Waals surface area contributed by atoms with E-state index in [1.54, 1.807) is 22.3 Å². The monoisotopic (exact) mass is 290 g/mol. The van der Waals surface area contributed by atoms with Crippen molar-refractivity contribution in [3.05, 3.63) is 58.3 Å². The van der Waals surface area contributed by atoms with E-state index in [1.165, 1.54) is 11.2 Å². The highest BCUT2D eigenvalue weighted by atomic mass is 35.5. The quantitative estimate of drug-likeness (QED) is 0.798. The molecule has 4 nitrogen and oxygen atoms in total. The smallest absolute Gasteiger partial charge is 0.138 e. The third-order valence-electron chi connectivity index (χ3n) is 2.64. The molecule has 96 valence electrons. The fraction of sp³-hybridized carbons (Fsp3) is 0.0769. The lowest BCUT2D eigenvalue weighted by Gasteiger charge is -2.06. The fourth-order valence-corrected chi connectivity index (χ4v) is 2.72. The SMILES string of the molecule is Clc1csc(CNc2ccc(-n3cncn3)cc2)c1. The summed E-state index contributed by atoms with van der Waals surface area (Å²) in [4.78, 5) is 5.14. The molecule has 0 aliphatic rings. The number of nitrogens with zero attached hydrogens (tertiary/aromatic N) is 3. The summed E-state index contributed by atoms with van der Waals surface area (Å²) in [5.74, 6) is 0. The van der Waals surface area contributed by atoms with Gasteiger partial charge in [-0.25, -0.2) is 9.67 Å². The summed E-state index contributed by atoms with van der Waals surface area (Å²) in [5.41, 5.74) is 2.05. The zero-order valence-corrected chi connectivity index (χ0v) is 11.5. The molecule has 0 radical (unpaired) electrons. The van der Waals surface area contributed by atoms with E-state index in [4.69, 9.17) is 11.6 Å². The number of aromatic nitrogens is 3. The molecular weight excluding hydrogens is 280 g/mol. The molecule has 3 rings (SSSR count). The Bertz CT molecular complexity index is 646. The first-order valence-corrected chi connectivity index (χ1v) is 6.99. The maximum Gasteiger partial charge on any atom is 0.138 e. The summed E-state index contributed by atoms with van der Waals surface area (Å²) in [6.45, 7) is 0.778. The van der Waals surface area contributed by atoms with E-state index in [1.807, 2.05) is 35.7 Å². The van der Waals surface area contributed by atoms with Gasteiger partial charge in [0.15, 0.2) is 0 Å². The minimum Gasteiger partial charge on any atom is -0.380 e. The number of hydrogen-bond acceptors (Lipinski definition) is 4. The zero-order valence-electron chi connectivity index (χ0n) is 9.95. The van der Waals surface area contributed by atoms with E-state index in [9.17, 15) is 0 Å². The lowest BCUT2D eigenvalue weighted by molar-refractivity contribution is 0.879. The molecule has 0 bridgehead atoms. The van der Waals surface area contributed by atoms with E-state index in [0.29, 0.717) is 0 Å². The van der Waals surface area contributed by atoms with Gasteiger partial charge in [-0.2, -0.15) is 5.10 Å². The second kappa shape index (κ2) is 5.42. The first-order valence-electron chi connectivity index (χ1n) is 5.73. The average Bonchev–Trinajstić information content (AvgIpc) is 3.08. The van der Waals surface area contributed by atoms with E-state index < -0.39 is 0 Å². The molecule has 1 N–H and O–H groups in total. The van der Waals surface area contributed by atoms with Crippen LogP contribution < -0.4 is 5.32 Å². The lowest BCUT2D eigenvalue weighted by Crippen LogP contribution is -1.98. The van der Waals surface area contributed by atoms with Crippen LogP contribution in [0.5, 0.6) is 0 Å². The summed E-state index contributed by atoms with van der Waals surface area (Å²) < 4.78 is 1.73. The van der Waals surface area contributed by atoms with Crippen molar-refractivity contribution in [3.8, 4) is 5.69 Å². The van der Waals surface area contributed by atoms with Gasteiger partial charge in [0, 0.05) is 22.5 Å². The van der Waals surface area contributed by atoms with Crippen molar-refractivity contribution in [1.82, 2.24) is 14.8 Å². The number of benzene rings is 1. The Hall–Kier alpha value is -1.85. The Labute approximate surface area is 119 Å². The van der Waals surface area contributed by atoms with Gasteiger partial charge in [0.1, 0.15) is 12.7 Å². The van der Waals surface area contributed by atoms with Gasteiger partial charge in [-0.05, 0) is 30.3 Å². The van der Waals surface area contributed by atoms with Gasteiger partial charge in [-0.1, -0.05) is 11.6 Å². The van der Waals surface area contributed by atoms with Crippen LogP contribution in [0.15, 0.2) is 48.4 Å². The van der Waals surface area contributed by atoms with Gasteiger partial charge in [0.2, 0.25) is 0 Å². The third-order valence-corrected chi connectivity index (χ3v) is 3.92. The predicted octanol–water partition coefficient (Wildman–Crippen LogP) is 3.59. The molecule has 3 aromatic rings. The largest absolute Gasteiger partial charge is 0.380 e. The first-order chi connectivity index (χ1) is 9.31. The van der Waals surface area contributed by atoms with Crippen molar-refractivity contribution in [2.75, 3.05) is 5.32 Å². The number of hydrogen-bond donors (Lipinski definition) is 1. The molecule has 0 aliphatic carbocycles. The third kappa shape index (κ3) is 2.94. The van der Waals surface area contributed by atoms with Crippen molar-refractivity contribution < 1.29 is 0 Å². The summed E-state index contributed by atoms with van der Waals surface area (Å²) in [7, 11) is 0. The summed E-state index contributed by atoms with van der Waals surface area (Å²) >= 11 is 7.54. The van der Waals surface area contributed by atoms with Crippen LogP contribution in [0.3, 0.4) is 0 Å². The highest BCUT2D eigenvalue weighted by Crippen LogP contribution is 2.20. The molecule has 0 saturated carbocycles. The second-order valence-corrected chi connectivity index (χ2v) is 5.40. The maximum atomic E-state index is 5.89. The van der Waals surface area contributed by atoms with Crippen LogP contribution in [0.4, 0.5) is 5.69 Å². The van der Waals surface area contributed by atoms with E-state index in [0.717, 1.165) is 22.9 Å². The standard InChI is InChI=1S/C13H11ClN4S/c14-10-5-13(19-7-10)6-16-11-1-3-12(4-2-11)18-9-15-8-17-18/h1-5,7-9,16H,6H2. The topological polar surface area (TPSA) is 42.7 Å². The minimum absolute atomic E-state index is 0.778. The molecule has 0 unspecified atom stereocenters. The normalized spacial score (nSPS) is 10.6. The minimum atomic E-state index is 0.778. The van der Waals surface area contributed by atoms with Gasteiger partial charge >= 0.3 is 0 Å². The summed E-state index contributed by atoms with van der Waals surface area (Å²) in [6, 6.07) is 10.0. The van der Waals surface area contributed by atoms with Crippen molar-refractivity contribution in [3.63, 3.8) is 0 Å². The average molecular weight is 291 g/mol. The number of thiophene rings is 1. The molecule has 0 saturated heterocycles. The highest BCUT2D eigenvalue weighted by molar-refractivity contribution is 7.10. The Morgan fingerprint density at radius 3 is 2.74 bits per heavy atom. The number of anilines is 1. The van der Waals surface area contributed by atoms with Gasteiger partial charge < -0.3 is 5.32 Å². The Morgan fingerprint density at radius 1 is 1.26 bits per heavy atom. The molecule has 19 heavy (non-hydrogen) atoms. The van der Waals surface area contributed by atoms with Gasteiger partial charge in [0.25, 0.3) is 0 Å². The number of rotatable bonds is 4. The molecule has 0 fully saturated rings. The molecule has 2 heterocycles. The Balaban J connectivity index is 1.66. The Morgan fingerprint density at radius 2 is 2.11 bits per heavy atom. The number of halogens is 1. The Kier molecular flexibility index (Phi) is 3.48. The highest BCUT2D eigenvalue weighted by Gasteiger charge is 1.99. The summed E-state index contributed by atoms with van der Waals surface area (Å²) in [6.07, 6.45) is 3.20. The van der Waals surface area contributed by atoms with Crippen LogP contribution in [0, 0.1) is 0 Å². The molecule has 0 amide bonds. The predicted molar refractivity (Wildman–Crippen MR) is 78.0 cm³/mol. The number of nitrogens with one attached hydrogen (secondary N) is 1. The molecular formula is C13H11ClN4S. The van der Waals surface area contributed by atoms with Gasteiger partial charge in [0.05, 0.1) is 10.7 Å². The molecule has 1 aromatic carbocycles. The van der Waals surface area contributed by atoms with Crippen LogP contribution in [0.2, 0.25) is 5.02 Å². The van der Waals surface area contributed by atoms with Crippen LogP contribution in [0.25, 0.3) is 5.69 Å². The molecule has 0 aliphatic heterocycles. The van der Waals surface area contributed by atoms with Crippen molar-refractivity contribution in [2.24, 2.45) is 0 Å². The lowest BCUT2D eigenvalue weighted by atomic mass is 10.3.